The molecule has 2 aromatic carbocycles. The van der Waals surface area contributed by atoms with Gasteiger partial charge >= 0.3 is 6.18 Å². The summed E-state index contributed by atoms with van der Waals surface area (Å²) in [5, 5.41) is 4.32. The van der Waals surface area contributed by atoms with Crippen LogP contribution < -0.4 is 0 Å². The Morgan fingerprint density at radius 2 is 1.76 bits per heavy atom. The van der Waals surface area contributed by atoms with Gasteiger partial charge in [0.2, 0.25) is 0 Å². The van der Waals surface area contributed by atoms with Gasteiger partial charge < -0.3 is 4.90 Å². The predicted octanol–water partition coefficient (Wildman–Crippen LogP) is 5.95. The lowest BCUT2D eigenvalue weighted by molar-refractivity contribution is -0.136. The Balaban J connectivity index is 1.52. The average molecular weight is 533 g/mol. The third-order valence-electron chi connectivity index (χ3n) is 5.92. The van der Waals surface area contributed by atoms with Gasteiger partial charge in [-0.25, -0.2) is 13.9 Å². The number of hydrogen-bond donors (Lipinski definition) is 0. The maximum atomic E-state index is 13.9. The zero-order chi connectivity index (χ0) is 24.0. The summed E-state index contributed by atoms with van der Waals surface area (Å²) >= 11 is 3.26. The zero-order valence-electron chi connectivity index (χ0n) is 17.6. The van der Waals surface area contributed by atoms with E-state index in [4.69, 9.17) is 0 Å². The van der Waals surface area contributed by atoms with E-state index in [9.17, 15) is 22.4 Å². The third-order valence-corrected chi connectivity index (χ3v) is 6.64. The molecule has 10 heteroatoms. The minimum atomic E-state index is -4.69. The Kier molecular flexibility index (Phi) is 5.63. The molecule has 1 fully saturated rings. The number of hydrogen-bond acceptors (Lipinski definition) is 3. The van der Waals surface area contributed by atoms with Gasteiger partial charge in [-0.05, 0) is 46.1 Å². The van der Waals surface area contributed by atoms with Crippen LogP contribution in [-0.2, 0) is 6.18 Å². The van der Waals surface area contributed by atoms with Crippen LogP contribution in [-0.4, -0.2) is 38.5 Å². The van der Waals surface area contributed by atoms with Gasteiger partial charge in [-0.15, -0.1) is 0 Å². The number of benzene rings is 2. The zero-order valence-corrected chi connectivity index (χ0v) is 19.1. The predicted molar refractivity (Wildman–Crippen MR) is 121 cm³/mol. The third kappa shape index (κ3) is 4.06. The van der Waals surface area contributed by atoms with Crippen LogP contribution in [0.1, 0.15) is 34.0 Å². The molecule has 0 aliphatic carbocycles. The van der Waals surface area contributed by atoms with Crippen molar-refractivity contribution in [3.8, 4) is 11.3 Å². The molecule has 1 aliphatic heterocycles. The fourth-order valence-electron chi connectivity index (χ4n) is 4.19. The van der Waals surface area contributed by atoms with Crippen LogP contribution in [0, 0.1) is 5.82 Å². The number of likely N-dealkylation sites (tertiary alicyclic amines) is 1. The van der Waals surface area contributed by atoms with Crippen molar-refractivity contribution in [2.45, 2.75) is 18.5 Å². The van der Waals surface area contributed by atoms with Gasteiger partial charge in [-0.3, -0.25) is 4.79 Å². The lowest BCUT2D eigenvalue weighted by atomic mass is 9.99. The smallest absolute Gasteiger partial charge is 0.337 e. The first kappa shape index (κ1) is 22.5. The number of nitrogens with zero attached hydrogens (tertiary/aromatic N) is 4. The molecule has 2 aromatic heterocycles. The van der Waals surface area contributed by atoms with Gasteiger partial charge in [0.1, 0.15) is 16.0 Å². The first-order valence-electron chi connectivity index (χ1n) is 10.5. The second-order valence-electron chi connectivity index (χ2n) is 8.08. The van der Waals surface area contributed by atoms with Crippen molar-refractivity contribution in [2.75, 3.05) is 13.1 Å². The molecule has 174 valence electrons. The molecule has 5 rings (SSSR count). The molecule has 1 aliphatic rings. The van der Waals surface area contributed by atoms with E-state index in [1.165, 1.54) is 12.1 Å². The number of fused-ring (bicyclic) bond motifs is 1. The van der Waals surface area contributed by atoms with Crippen molar-refractivity contribution < 1.29 is 22.4 Å². The molecule has 1 unspecified atom stereocenters. The molecule has 0 N–H and O–H groups in total. The molecule has 5 nitrogen and oxygen atoms in total. The van der Waals surface area contributed by atoms with Crippen LogP contribution in [0.4, 0.5) is 17.6 Å². The van der Waals surface area contributed by atoms with Gasteiger partial charge in [0.05, 0.1) is 5.69 Å². The Hall–Kier alpha value is -3.27. The van der Waals surface area contributed by atoms with E-state index < -0.39 is 23.3 Å². The molecule has 1 saturated heterocycles. The van der Waals surface area contributed by atoms with Crippen LogP contribution in [0.2, 0.25) is 0 Å². The Bertz CT molecular complexity index is 1370. The van der Waals surface area contributed by atoms with Crippen molar-refractivity contribution in [3.63, 3.8) is 0 Å². The molecular formula is C24H17BrF4N4O. The standard InChI is InChI=1S/C24H17BrF4N4O/c25-21-20(23(34)32-11-10-16(13-32)14-6-8-17(26)9-7-14)30-22-18(24(27,28)29)12-19(31-33(21)22)15-4-2-1-3-5-15/h1-9,12,16H,10-11,13H2. The summed E-state index contributed by atoms with van der Waals surface area (Å²) in [5.41, 5.74) is -0.0502. The molecule has 0 radical (unpaired) electrons. The molecule has 0 saturated carbocycles. The van der Waals surface area contributed by atoms with Gasteiger partial charge in [0.15, 0.2) is 11.3 Å². The van der Waals surface area contributed by atoms with Crippen molar-refractivity contribution in [1.29, 1.82) is 0 Å². The number of imidazole rings is 1. The van der Waals surface area contributed by atoms with E-state index in [2.05, 4.69) is 26.0 Å². The summed E-state index contributed by atoms with van der Waals surface area (Å²) in [6.45, 7) is 0.773. The van der Waals surface area contributed by atoms with E-state index in [0.717, 1.165) is 16.1 Å². The largest absolute Gasteiger partial charge is 0.420 e. The highest BCUT2D eigenvalue weighted by atomic mass is 79.9. The molecule has 3 heterocycles. The number of aromatic nitrogens is 3. The van der Waals surface area contributed by atoms with Gasteiger partial charge in [-0.2, -0.15) is 18.3 Å². The fourth-order valence-corrected chi connectivity index (χ4v) is 4.70. The van der Waals surface area contributed by atoms with Crippen molar-refractivity contribution >= 4 is 27.5 Å². The SMILES string of the molecule is O=C(c1nc2c(C(F)(F)F)cc(-c3ccccc3)nn2c1Br)N1CCC(c2ccc(F)cc2)C1. The number of amides is 1. The van der Waals surface area contributed by atoms with Gasteiger partial charge in [-0.1, -0.05) is 42.5 Å². The molecule has 4 aromatic rings. The van der Waals surface area contributed by atoms with Crippen LogP contribution in [0.3, 0.4) is 0 Å². The Labute approximate surface area is 200 Å². The summed E-state index contributed by atoms with van der Waals surface area (Å²) in [5.74, 6) is -0.823. The van der Waals surface area contributed by atoms with E-state index in [1.807, 2.05) is 0 Å². The molecule has 1 atom stereocenters. The summed E-state index contributed by atoms with van der Waals surface area (Å²) in [4.78, 5) is 18.8. The molecule has 34 heavy (non-hydrogen) atoms. The molecule has 1 amide bonds. The van der Waals surface area contributed by atoms with Crippen LogP contribution in [0.25, 0.3) is 16.9 Å². The number of halogens is 5. The Morgan fingerprint density at radius 1 is 1.06 bits per heavy atom. The average Bonchev–Trinajstić information content (AvgIpc) is 3.44. The maximum absolute atomic E-state index is 13.9. The van der Waals surface area contributed by atoms with E-state index in [-0.39, 0.29) is 27.7 Å². The fraction of sp³-hybridized carbons (Fsp3) is 0.208. The molecule has 0 bridgehead atoms. The highest BCUT2D eigenvalue weighted by Crippen LogP contribution is 2.36. The van der Waals surface area contributed by atoms with E-state index in [0.29, 0.717) is 25.1 Å². The van der Waals surface area contributed by atoms with Crippen LogP contribution >= 0.6 is 15.9 Å². The van der Waals surface area contributed by atoms with Gasteiger partial charge in [0.25, 0.3) is 5.91 Å². The molecule has 0 spiro atoms. The van der Waals surface area contributed by atoms with Crippen molar-refractivity contribution in [1.82, 2.24) is 19.5 Å². The topological polar surface area (TPSA) is 50.5 Å². The first-order chi connectivity index (χ1) is 16.2. The highest BCUT2D eigenvalue weighted by Gasteiger charge is 2.38. The summed E-state index contributed by atoms with van der Waals surface area (Å²) in [6.07, 6.45) is -4.03. The van der Waals surface area contributed by atoms with E-state index in [1.54, 1.807) is 47.4 Å². The molecular weight excluding hydrogens is 516 g/mol. The van der Waals surface area contributed by atoms with Crippen LogP contribution in [0.5, 0.6) is 0 Å². The Morgan fingerprint density at radius 3 is 2.44 bits per heavy atom. The second kappa shape index (κ2) is 8.50. The lowest BCUT2D eigenvalue weighted by Crippen LogP contribution is -2.29. The normalized spacial score (nSPS) is 16.4. The monoisotopic (exact) mass is 532 g/mol. The van der Waals surface area contributed by atoms with Crippen LogP contribution in [0.15, 0.2) is 65.3 Å². The number of carbonyl (C=O) groups is 1. The summed E-state index contributed by atoms with van der Waals surface area (Å²) < 4.78 is 56.0. The summed E-state index contributed by atoms with van der Waals surface area (Å²) in [7, 11) is 0. The minimum absolute atomic E-state index is 0.00824. The summed E-state index contributed by atoms with van der Waals surface area (Å²) in [6, 6.07) is 15.5. The first-order valence-corrected chi connectivity index (χ1v) is 11.3. The lowest BCUT2D eigenvalue weighted by Gasteiger charge is -2.15. The highest BCUT2D eigenvalue weighted by molar-refractivity contribution is 9.10. The quantitative estimate of drug-likeness (QED) is 0.306. The van der Waals surface area contributed by atoms with Crippen molar-refractivity contribution in [2.24, 2.45) is 0 Å². The second-order valence-corrected chi connectivity index (χ2v) is 8.83. The number of alkyl halides is 3. The van der Waals surface area contributed by atoms with Gasteiger partial charge in [0, 0.05) is 24.6 Å². The maximum Gasteiger partial charge on any atom is 0.420 e. The van der Waals surface area contributed by atoms with Crippen molar-refractivity contribution in [3.05, 3.63) is 87.9 Å². The number of rotatable bonds is 3. The number of carbonyl (C=O) groups excluding carboxylic acids is 1. The minimum Gasteiger partial charge on any atom is -0.337 e. The van der Waals surface area contributed by atoms with E-state index >= 15 is 0 Å².